The van der Waals surface area contributed by atoms with E-state index in [-0.39, 0.29) is 31.0 Å². The van der Waals surface area contributed by atoms with Gasteiger partial charge in [0.15, 0.2) is 0 Å². The second-order valence-corrected chi connectivity index (χ2v) is 12.5. The third-order valence-corrected chi connectivity index (χ3v) is 9.16. The molecule has 9 heteroatoms. The lowest BCUT2D eigenvalue weighted by Gasteiger charge is -2.22. The number of halogens is 1. The topological polar surface area (TPSA) is 106 Å². The van der Waals surface area contributed by atoms with Crippen LogP contribution in [0, 0.1) is 13.8 Å². The molecule has 0 bridgehead atoms. The Balaban J connectivity index is 1.96. The van der Waals surface area contributed by atoms with Gasteiger partial charge in [-0.05, 0) is 55.8 Å². The zero-order valence-electron chi connectivity index (χ0n) is 19.6. The first kappa shape index (κ1) is 25.9. The van der Waals surface area contributed by atoms with Crippen molar-refractivity contribution in [3.8, 4) is 0 Å². The minimum atomic E-state index is -4.18. The molecule has 0 heterocycles. The maximum absolute atomic E-state index is 13.8. The Hall–Kier alpha value is -3.17. The van der Waals surface area contributed by atoms with Gasteiger partial charge >= 0.3 is 0 Å². The van der Waals surface area contributed by atoms with Crippen molar-refractivity contribution < 1.29 is 16.8 Å². The van der Waals surface area contributed by atoms with E-state index in [0.29, 0.717) is 5.56 Å². The van der Waals surface area contributed by atoms with Crippen molar-refractivity contribution in [2.24, 2.45) is 5.73 Å². The van der Waals surface area contributed by atoms with Gasteiger partial charge in [0, 0.05) is 10.6 Å². The molecule has 0 spiro atoms. The van der Waals surface area contributed by atoms with Gasteiger partial charge < -0.3 is 5.73 Å². The summed E-state index contributed by atoms with van der Waals surface area (Å²) < 4.78 is 56.8. The lowest BCUT2D eigenvalue weighted by molar-refractivity contribution is 0.596. The molecular weight excluding hydrogens is 516 g/mol. The predicted octanol–water partition coefficient (Wildman–Crippen LogP) is 5.64. The predicted molar refractivity (Wildman–Crippen MR) is 143 cm³/mol. The quantitative estimate of drug-likeness (QED) is 0.315. The summed E-state index contributed by atoms with van der Waals surface area (Å²) in [5, 5.41) is 0.111. The van der Waals surface area contributed by atoms with Crippen molar-refractivity contribution in [3.63, 3.8) is 0 Å². The number of rotatable bonds is 7. The smallest absolute Gasteiger partial charge is 0.261 e. The number of benzene rings is 4. The number of hydrogen-bond acceptors (Lipinski definition) is 5. The molecule has 36 heavy (non-hydrogen) atoms. The van der Waals surface area contributed by atoms with E-state index in [2.05, 4.69) is 4.72 Å². The third kappa shape index (κ3) is 5.32. The van der Waals surface area contributed by atoms with Crippen molar-refractivity contribution in [1.82, 2.24) is 0 Å². The van der Waals surface area contributed by atoms with E-state index in [1.807, 2.05) is 19.9 Å². The van der Waals surface area contributed by atoms with E-state index < -0.39 is 25.9 Å². The maximum atomic E-state index is 13.8. The molecule has 0 saturated heterocycles. The third-order valence-electron chi connectivity index (χ3n) is 5.78. The molecule has 0 fully saturated rings. The molecule has 0 aliphatic heterocycles. The molecule has 0 aromatic heterocycles. The van der Waals surface area contributed by atoms with Crippen molar-refractivity contribution in [2.75, 3.05) is 4.72 Å². The fraction of sp³-hybridized carbons (Fsp3) is 0.111. The number of hydrogen-bond donors (Lipinski definition) is 2. The minimum Gasteiger partial charge on any atom is -0.320 e. The van der Waals surface area contributed by atoms with Crippen molar-refractivity contribution in [2.45, 2.75) is 34.6 Å². The number of nitrogens with one attached hydrogen (secondary N) is 1. The first-order valence-electron chi connectivity index (χ1n) is 11.0. The molecule has 0 aliphatic rings. The van der Waals surface area contributed by atoms with Crippen LogP contribution in [0.3, 0.4) is 0 Å². The van der Waals surface area contributed by atoms with Gasteiger partial charge in [-0.1, -0.05) is 77.3 Å². The number of sulfonamides is 1. The van der Waals surface area contributed by atoms with E-state index in [1.165, 1.54) is 36.4 Å². The Morgan fingerprint density at radius 1 is 0.750 bits per heavy atom. The highest BCUT2D eigenvalue weighted by molar-refractivity contribution is 7.93. The van der Waals surface area contributed by atoms with Gasteiger partial charge in [-0.3, -0.25) is 4.72 Å². The minimum absolute atomic E-state index is 0.00498. The Kier molecular flexibility index (Phi) is 7.24. The Labute approximate surface area is 216 Å². The van der Waals surface area contributed by atoms with Gasteiger partial charge in [-0.25, -0.2) is 16.8 Å². The van der Waals surface area contributed by atoms with E-state index in [4.69, 9.17) is 17.3 Å². The molecule has 4 rings (SSSR count). The highest BCUT2D eigenvalue weighted by Gasteiger charge is 2.29. The monoisotopic (exact) mass is 540 g/mol. The second-order valence-electron chi connectivity index (χ2n) is 8.49. The Morgan fingerprint density at radius 3 is 1.83 bits per heavy atom. The fourth-order valence-corrected chi connectivity index (χ4v) is 6.70. The largest absolute Gasteiger partial charge is 0.320 e. The molecule has 6 nitrogen and oxygen atoms in total. The van der Waals surface area contributed by atoms with Crippen LogP contribution in [-0.4, -0.2) is 16.8 Å². The summed E-state index contributed by atoms with van der Waals surface area (Å²) in [4.78, 5) is -0.290. The van der Waals surface area contributed by atoms with Gasteiger partial charge in [-0.2, -0.15) is 0 Å². The second kappa shape index (κ2) is 10.1. The van der Waals surface area contributed by atoms with Crippen LogP contribution in [0.5, 0.6) is 0 Å². The highest BCUT2D eigenvalue weighted by atomic mass is 35.5. The average molecular weight is 541 g/mol. The summed E-state index contributed by atoms with van der Waals surface area (Å²) in [6, 6.07) is 23.4. The molecule has 0 saturated carbocycles. The van der Waals surface area contributed by atoms with Crippen molar-refractivity contribution >= 4 is 37.1 Å². The molecule has 4 aromatic rings. The molecule has 1 unspecified atom stereocenters. The average Bonchev–Trinajstić information content (AvgIpc) is 2.85. The number of sulfone groups is 1. The van der Waals surface area contributed by atoms with Gasteiger partial charge in [-0.15, -0.1) is 0 Å². The van der Waals surface area contributed by atoms with Gasteiger partial charge in [0.1, 0.15) is 0 Å². The standard InChI is InChI=1S/C27H25ClN2O4S2/c1-18-8-12-22(13-9-18)35(31,32)25-17-21(28)16-24(26(29)20-6-4-3-5-7-20)27(25)30-36(33,34)23-14-10-19(2)11-15-23/h3-17,26,30H,29H2,1-2H3. The summed E-state index contributed by atoms with van der Waals surface area (Å²) in [5.74, 6) is 0. The highest BCUT2D eigenvalue weighted by Crippen LogP contribution is 2.39. The molecule has 3 N–H and O–H groups in total. The Bertz CT molecular complexity index is 1600. The first-order chi connectivity index (χ1) is 17.0. The number of aryl methyl sites for hydroxylation is 2. The maximum Gasteiger partial charge on any atom is 0.261 e. The van der Waals surface area contributed by atoms with Crippen molar-refractivity contribution in [1.29, 1.82) is 0 Å². The van der Waals surface area contributed by atoms with Crippen LogP contribution >= 0.6 is 11.6 Å². The van der Waals surface area contributed by atoms with E-state index in [0.717, 1.165) is 11.1 Å². The van der Waals surface area contributed by atoms with E-state index in [1.54, 1.807) is 48.5 Å². The van der Waals surface area contributed by atoms with E-state index in [9.17, 15) is 16.8 Å². The molecule has 1 atom stereocenters. The van der Waals surface area contributed by atoms with Crippen LogP contribution in [0.4, 0.5) is 5.69 Å². The van der Waals surface area contributed by atoms with Crippen LogP contribution < -0.4 is 10.5 Å². The van der Waals surface area contributed by atoms with Crippen LogP contribution in [-0.2, 0) is 19.9 Å². The zero-order chi connectivity index (χ0) is 26.1. The summed E-state index contributed by atoms with van der Waals surface area (Å²) >= 11 is 6.38. The summed E-state index contributed by atoms with van der Waals surface area (Å²) in [7, 11) is -8.34. The zero-order valence-corrected chi connectivity index (χ0v) is 22.0. The molecule has 186 valence electrons. The van der Waals surface area contributed by atoms with Crippen LogP contribution in [0.1, 0.15) is 28.3 Å². The molecule has 0 aliphatic carbocycles. The lowest BCUT2D eigenvalue weighted by Crippen LogP contribution is -2.21. The molecule has 0 amide bonds. The van der Waals surface area contributed by atoms with E-state index >= 15 is 0 Å². The van der Waals surface area contributed by atoms with Crippen molar-refractivity contribution in [3.05, 3.63) is 118 Å². The molecule has 4 aromatic carbocycles. The normalized spacial score (nSPS) is 12.8. The van der Waals surface area contributed by atoms with Crippen LogP contribution in [0.2, 0.25) is 5.02 Å². The van der Waals surface area contributed by atoms with Gasteiger partial charge in [0.2, 0.25) is 9.84 Å². The summed E-state index contributed by atoms with van der Waals surface area (Å²) in [5.41, 5.74) is 9.06. The molecule has 0 radical (unpaired) electrons. The summed E-state index contributed by atoms with van der Waals surface area (Å²) in [6.45, 7) is 3.68. The van der Waals surface area contributed by atoms with Gasteiger partial charge in [0.05, 0.1) is 26.4 Å². The SMILES string of the molecule is Cc1ccc(S(=O)(=O)Nc2c(C(N)c3ccccc3)cc(Cl)cc2S(=O)(=O)c2ccc(C)cc2)cc1. The number of anilines is 1. The molecular formula is C27H25ClN2O4S2. The Morgan fingerprint density at radius 2 is 1.28 bits per heavy atom. The number of nitrogens with two attached hydrogens (primary N) is 1. The first-order valence-corrected chi connectivity index (χ1v) is 14.4. The van der Waals surface area contributed by atoms with Gasteiger partial charge in [0.25, 0.3) is 10.0 Å². The summed E-state index contributed by atoms with van der Waals surface area (Å²) in [6.07, 6.45) is 0. The van der Waals surface area contributed by atoms with Crippen LogP contribution in [0.15, 0.2) is 106 Å². The lowest BCUT2D eigenvalue weighted by atomic mass is 9.98. The fourth-order valence-electron chi connectivity index (χ4n) is 3.76. The van der Waals surface area contributed by atoms with Crippen LogP contribution in [0.25, 0.3) is 0 Å².